The fourth-order valence-corrected chi connectivity index (χ4v) is 1.99. The SMILES string of the molecule is CC(C)(CCN)CCC(=O)OCc1ccccc1Cl. The second-order valence-electron chi connectivity index (χ2n) is 5.45. The molecule has 0 unspecified atom stereocenters. The second kappa shape index (κ2) is 7.51. The van der Waals surface area contributed by atoms with Crippen molar-refractivity contribution in [3.05, 3.63) is 34.9 Å². The van der Waals surface area contributed by atoms with Gasteiger partial charge in [-0.1, -0.05) is 43.6 Å². The van der Waals surface area contributed by atoms with Crippen LogP contribution in [0.4, 0.5) is 0 Å². The molecule has 0 aromatic heterocycles. The molecular formula is C15H22ClNO2. The molecule has 0 saturated carbocycles. The van der Waals surface area contributed by atoms with Crippen molar-refractivity contribution in [3.8, 4) is 0 Å². The summed E-state index contributed by atoms with van der Waals surface area (Å²) < 4.78 is 5.23. The molecule has 1 rings (SSSR count). The number of nitrogens with two attached hydrogens (primary N) is 1. The highest BCUT2D eigenvalue weighted by Crippen LogP contribution is 2.26. The second-order valence-corrected chi connectivity index (χ2v) is 5.86. The minimum Gasteiger partial charge on any atom is -0.461 e. The van der Waals surface area contributed by atoms with Gasteiger partial charge >= 0.3 is 5.97 Å². The van der Waals surface area contributed by atoms with Gasteiger partial charge in [0.05, 0.1) is 0 Å². The number of esters is 1. The highest BCUT2D eigenvalue weighted by atomic mass is 35.5. The van der Waals surface area contributed by atoms with Gasteiger partial charge in [0.25, 0.3) is 0 Å². The van der Waals surface area contributed by atoms with Gasteiger partial charge < -0.3 is 10.5 Å². The standard InChI is InChI=1S/C15H22ClNO2/c1-15(2,9-10-17)8-7-14(18)19-11-12-5-3-4-6-13(12)16/h3-6H,7-11,17H2,1-2H3. The monoisotopic (exact) mass is 283 g/mol. The molecule has 2 N–H and O–H groups in total. The Morgan fingerprint density at radius 2 is 2.00 bits per heavy atom. The van der Waals surface area contributed by atoms with E-state index in [4.69, 9.17) is 22.1 Å². The summed E-state index contributed by atoms with van der Waals surface area (Å²) in [6.07, 6.45) is 2.10. The summed E-state index contributed by atoms with van der Waals surface area (Å²) in [5.74, 6) is -0.190. The van der Waals surface area contributed by atoms with E-state index >= 15 is 0 Å². The van der Waals surface area contributed by atoms with Crippen LogP contribution >= 0.6 is 11.6 Å². The van der Waals surface area contributed by atoms with Crippen LogP contribution < -0.4 is 5.73 Å². The smallest absolute Gasteiger partial charge is 0.306 e. The first kappa shape index (κ1) is 16.0. The number of carbonyl (C=O) groups is 1. The molecule has 0 aliphatic heterocycles. The number of ether oxygens (including phenoxy) is 1. The fourth-order valence-electron chi connectivity index (χ4n) is 1.80. The molecule has 0 bridgehead atoms. The van der Waals surface area contributed by atoms with Crippen LogP contribution in [0.25, 0.3) is 0 Å². The predicted molar refractivity (Wildman–Crippen MR) is 77.9 cm³/mol. The minimum atomic E-state index is -0.190. The molecule has 106 valence electrons. The van der Waals surface area contributed by atoms with Gasteiger partial charge in [-0.3, -0.25) is 4.79 Å². The Labute approximate surface area is 120 Å². The Balaban J connectivity index is 2.35. The van der Waals surface area contributed by atoms with Crippen molar-refractivity contribution in [3.63, 3.8) is 0 Å². The number of halogens is 1. The summed E-state index contributed by atoms with van der Waals surface area (Å²) in [5.41, 5.74) is 6.46. The lowest BCUT2D eigenvalue weighted by Crippen LogP contribution is -2.19. The van der Waals surface area contributed by atoms with Crippen LogP contribution in [0.1, 0.15) is 38.7 Å². The quantitative estimate of drug-likeness (QED) is 0.779. The van der Waals surface area contributed by atoms with Gasteiger partial charge in [-0.2, -0.15) is 0 Å². The molecule has 0 atom stereocenters. The molecule has 0 amide bonds. The highest BCUT2D eigenvalue weighted by molar-refractivity contribution is 6.31. The molecule has 0 fully saturated rings. The summed E-state index contributed by atoms with van der Waals surface area (Å²) in [6.45, 7) is 5.10. The molecule has 0 saturated heterocycles. The Morgan fingerprint density at radius 3 is 2.63 bits per heavy atom. The fraction of sp³-hybridized carbons (Fsp3) is 0.533. The van der Waals surface area contributed by atoms with Crippen molar-refractivity contribution in [1.82, 2.24) is 0 Å². The summed E-state index contributed by atoms with van der Waals surface area (Å²) in [6, 6.07) is 7.37. The molecule has 0 heterocycles. The molecule has 0 radical (unpaired) electrons. The van der Waals surface area contributed by atoms with Crippen molar-refractivity contribution >= 4 is 17.6 Å². The van der Waals surface area contributed by atoms with Gasteiger partial charge in [0.15, 0.2) is 0 Å². The first-order valence-corrected chi connectivity index (χ1v) is 6.91. The maximum Gasteiger partial charge on any atom is 0.306 e. The summed E-state index contributed by atoms with van der Waals surface area (Å²) in [5, 5.41) is 0.624. The molecule has 4 heteroatoms. The van der Waals surface area contributed by atoms with Gasteiger partial charge in [0.1, 0.15) is 6.61 Å². The first-order valence-electron chi connectivity index (χ1n) is 6.54. The predicted octanol–water partition coefficient (Wildman–Crippen LogP) is 3.54. The van der Waals surface area contributed by atoms with E-state index < -0.39 is 0 Å². The van der Waals surface area contributed by atoms with E-state index in [1.54, 1.807) is 6.07 Å². The lowest BCUT2D eigenvalue weighted by molar-refractivity contribution is -0.145. The molecular weight excluding hydrogens is 262 g/mol. The minimum absolute atomic E-state index is 0.0815. The van der Waals surface area contributed by atoms with Crippen molar-refractivity contribution < 1.29 is 9.53 Å². The van der Waals surface area contributed by atoms with E-state index in [0.29, 0.717) is 18.0 Å². The van der Waals surface area contributed by atoms with Crippen LogP contribution in [0, 0.1) is 5.41 Å². The lowest BCUT2D eigenvalue weighted by Gasteiger charge is -2.23. The lowest BCUT2D eigenvalue weighted by atomic mass is 9.84. The van der Waals surface area contributed by atoms with Crippen LogP contribution in [0.3, 0.4) is 0 Å². The van der Waals surface area contributed by atoms with Gasteiger partial charge in [0.2, 0.25) is 0 Å². The number of hydrogen-bond acceptors (Lipinski definition) is 3. The third-order valence-electron chi connectivity index (χ3n) is 3.17. The van der Waals surface area contributed by atoms with Gasteiger partial charge in [0, 0.05) is 17.0 Å². The van der Waals surface area contributed by atoms with E-state index in [1.165, 1.54) is 0 Å². The average Bonchev–Trinajstić information content (AvgIpc) is 2.35. The van der Waals surface area contributed by atoms with E-state index in [1.807, 2.05) is 18.2 Å². The molecule has 19 heavy (non-hydrogen) atoms. The number of hydrogen-bond donors (Lipinski definition) is 1. The summed E-state index contributed by atoms with van der Waals surface area (Å²) >= 11 is 5.99. The van der Waals surface area contributed by atoms with Gasteiger partial charge in [-0.15, -0.1) is 0 Å². The molecule has 0 aliphatic rings. The maximum absolute atomic E-state index is 11.7. The van der Waals surface area contributed by atoms with E-state index in [9.17, 15) is 4.79 Å². The topological polar surface area (TPSA) is 52.3 Å². The Kier molecular flexibility index (Phi) is 6.32. The largest absolute Gasteiger partial charge is 0.461 e. The summed E-state index contributed by atoms with van der Waals surface area (Å²) in [7, 11) is 0. The van der Waals surface area contributed by atoms with Crippen molar-refractivity contribution in [2.24, 2.45) is 11.1 Å². The molecule has 0 spiro atoms. The van der Waals surface area contributed by atoms with Crippen molar-refractivity contribution in [2.75, 3.05) is 6.54 Å². The maximum atomic E-state index is 11.7. The van der Waals surface area contributed by atoms with E-state index in [0.717, 1.165) is 18.4 Å². The number of benzene rings is 1. The van der Waals surface area contributed by atoms with Gasteiger partial charge in [-0.05, 0) is 30.9 Å². The number of rotatable bonds is 7. The van der Waals surface area contributed by atoms with Crippen LogP contribution in [-0.2, 0) is 16.1 Å². The third kappa shape index (κ3) is 6.08. The van der Waals surface area contributed by atoms with Crippen LogP contribution in [-0.4, -0.2) is 12.5 Å². The highest BCUT2D eigenvalue weighted by Gasteiger charge is 2.18. The first-order chi connectivity index (χ1) is 8.94. The zero-order valence-electron chi connectivity index (χ0n) is 11.6. The third-order valence-corrected chi connectivity index (χ3v) is 3.54. The Bertz CT molecular complexity index is 418. The zero-order chi connectivity index (χ0) is 14.3. The van der Waals surface area contributed by atoms with Crippen molar-refractivity contribution in [1.29, 1.82) is 0 Å². The average molecular weight is 284 g/mol. The Hall–Kier alpha value is -1.06. The zero-order valence-corrected chi connectivity index (χ0v) is 12.4. The van der Waals surface area contributed by atoms with E-state index in [2.05, 4.69) is 13.8 Å². The van der Waals surface area contributed by atoms with Gasteiger partial charge in [-0.25, -0.2) is 0 Å². The van der Waals surface area contributed by atoms with E-state index in [-0.39, 0.29) is 18.0 Å². The Morgan fingerprint density at radius 1 is 1.32 bits per heavy atom. The van der Waals surface area contributed by atoms with Crippen LogP contribution in [0.15, 0.2) is 24.3 Å². The molecule has 1 aromatic rings. The van der Waals surface area contributed by atoms with Crippen molar-refractivity contribution in [2.45, 2.75) is 39.7 Å². The molecule has 3 nitrogen and oxygen atoms in total. The summed E-state index contributed by atoms with van der Waals surface area (Å²) in [4.78, 5) is 11.7. The molecule has 0 aliphatic carbocycles. The molecule has 1 aromatic carbocycles. The normalized spacial score (nSPS) is 11.4. The van der Waals surface area contributed by atoms with Crippen LogP contribution in [0.5, 0.6) is 0 Å². The number of carbonyl (C=O) groups excluding carboxylic acids is 1. The van der Waals surface area contributed by atoms with Crippen LogP contribution in [0.2, 0.25) is 5.02 Å².